The zero-order valence-corrected chi connectivity index (χ0v) is 22.9. The molecule has 1 aliphatic rings. The molecule has 1 N–H and O–H groups in total. The van der Waals surface area contributed by atoms with Crippen LogP contribution in [-0.4, -0.2) is 42.5 Å². The maximum Gasteiger partial charge on any atom is 0.243 e. The average Bonchev–Trinajstić information content (AvgIpc) is 2.98. The lowest BCUT2D eigenvalue weighted by atomic mass is 9.94. The molecule has 0 spiro atoms. The van der Waals surface area contributed by atoms with E-state index in [9.17, 15) is 9.59 Å². The number of carbonyl (C=O) groups is 2. The molecule has 1 fully saturated rings. The van der Waals surface area contributed by atoms with Gasteiger partial charge in [0.15, 0.2) is 0 Å². The predicted molar refractivity (Wildman–Crippen MR) is 154 cm³/mol. The first kappa shape index (κ1) is 28.2. The van der Waals surface area contributed by atoms with Gasteiger partial charge >= 0.3 is 0 Å². The molecule has 3 aromatic rings. The second-order valence-corrected chi connectivity index (χ2v) is 10.2. The zero-order chi connectivity index (χ0) is 27.3. The highest BCUT2D eigenvalue weighted by Crippen LogP contribution is 2.22. The van der Waals surface area contributed by atoms with Crippen LogP contribution in [0.15, 0.2) is 84.9 Å². The lowest BCUT2D eigenvalue weighted by Crippen LogP contribution is -2.52. The summed E-state index contributed by atoms with van der Waals surface area (Å²) in [7, 11) is 1.63. The van der Waals surface area contributed by atoms with Crippen molar-refractivity contribution in [2.45, 2.75) is 70.0 Å². The fourth-order valence-electron chi connectivity index (χ4n) is 5.14. The van der Waals surface area contributed by atoms with Gasteiger partial charge in [0.25, 0.3) is 0 Å². The van der Waals surface area contributed by atoms with Gasteiger partial charge in [-0.15, -0.1) is 0 Å². The first-order valence-electron chi connectivity index (χ1n) is 14.1. The van der Waals surface area contributed by atoms with E-state index in [0.29, 0.717) is 32.4 Å². The van der Waals surface area contributed by atoms with Crippen molar-refractivity contribution in [1.82, 2.24) is 10.2 Å². The van der Waals surface area contributed by atoms with E-state index < -0.39 is 6.04 Å². The van der Waals surface area contributed by atoms with Crippen LogP contribution in [0.1, 0.15) is 56.1 Å². The first-order valence-corrected chi connectivity index (χ1v) is 14.1. The Bertz CT molecular complexity index is 1160. The average molecular weight is 529 g/mol. The summed E-state index contributed by atoms with van der Waals surface area (Å²) in [6.45, 7) is 0.755. The third kappa shape index (κ3) is 8.88. The van der Waals surface area contributed by atoms with E-state index >= 15 is 0 Å². The van der Waals surface area contributed by atoms with Gasteiger partial charge < -0.3 is 19.7 Å². The molecule has 6 nitrogen and oxygen atoms in total. The molecule has 0 saturated heterocycles. The van der Waals surface area contributed by atoms with Crippen molar-refractivity contribution in [3.8, 4) is 11.5 Å². The number of amides is 2. The number of carbonyl (C=O) groups excluding carboxylic acids is 2. The summed E-state index contributed by atoms with van der Waals surface area (Å²) in [4.78, 5) is 29.4. The molecule has 0 radical (unpaired) electrons. The summed E-state index contributed by atoms with van der Waals surface area (Å²) in [6, 6.07) is 26.8. The number of methoxy groups -OCH3 is 1. The summed E-state index contributed by atoms with van der Waals surface area (Å²) in [6.07, 6.45) is 6.75. The molecule has 1 aliphatic carbocycles. The van der Waals surface area contributed by atoms with Gasteiger partial charge in [0.2, 0.25) is 11.8 Å². The molecule has 6 heteroatoms. The number of benzene rings is 3. The van der Waals surface area contributed by atoms with E-state index in [0.717, 1.165) is 48.3 Å². The van der Waals surface area contributed by atoms with E-state index in [-0.39, 0.29) is 17.9 Å². The molecule has 0 heterocycles. The van der Waals surface area contributed by atoms with Gasteiger partial charge in [-0.2, -0.15) is 0 Å². The predicted octanol–water partition coefficient (Wildman–Crippen LogP) is 5.94. The molecule has 206 valence electrons. The Labute approximate surface area is 232 Å². The summed E-state index contributed by atoms with van der Waals surface area (Å²) >= 11 is 0. The van der Waals surface area contributed by atoms with Crippen LogP contribution in [0.4, 0.5) is 0 Å². The number of rotatable bonds is 13. The van der Waals surface area contributed by atoms with E-state index in [1.165, 1.54) is 6.42 Å². The number of para-hydroxylation sites is 1. The third-order valence-electron chi connectivity index (χ3n) is 7.26. The Balaban J connectivity index is 1.54. The second kappa shape index (κ2) is 15.0. The lowest BCUT2D eigenvalue weighted by Gasteiger charge is -2.33. The summed E-state index contributed by atoms with van der Waals surface area (Å²) < 4.78 is 11.2. The highest BCUT2D eigenvalue weighted by molar-refractivity contribution is 5.88. The minimum atomic E-state index is -0.622. The number of hydrogen-bond acceptors (Lipinski definition) is 4. The smallest absolute Gasteiger partial charge is 0.243 e. The number of hydrogen-bond donors (Lipinski definition) is 1. The van der Waals surface area contributed by atoms with Crippen molar-refractivity contribution in [2.24, 2.45) is 0 Å². The van der Waals surface area contributed by atoms with Gasteiger partial charge in [0, 0.05) is 25.4 Å². The summed E-state index contributed by atoms with van der Waals surface area (Å²) in [5, 5.41) is 3.29. The van der Waals surface area contributed by atoms with E-state index in [1.54, 1.807) is 12.0 Å². The van der Waals surface area contributed by atoms with E-state index in [1.807, 2.05) is 84.9 Å². The Morgan fingerprint density at radius 3 is 2.26 bits per heavy atom. The van der Waals surface area contributed by atoms with Crippen LogP contribution in [0, 0.1) is 0 Å². The molecule has 0 aromatic heterocycles. The van der Waals surface area contributed by atoms with Gasteiger partial charge in [-0.1, -0.05) is 79.9 Å². The summed E-state index contributed by atoms with van der Waals surface area (Å²) in [5.41, 5.74) is 1.95. The largest absolute Gasteiger partial charge is 0.497 e. The molecule has 3 aromatic carbocycles. The third-order valence-corrected chi connectivity index (χ3v) is 7.26. The molecule has 0 bridgehead atoms. The fourth-order valence-corrected chi connectivity index (χ4v) is 5.14. The Kier molecular flexibility index (Phi) is 10.8. The molecule has 1 atom stereocenters. The van der Waals surface area contributed by atoms with Crippen molar-refractivity contribution >= 4 is 11.8 Å². The summed E-state index contributed by atoms with van der Waals surface area (Å²) in [5.74, 6) is 1.37. The van der Waals surface area contributed by atoms with Gasteiger partial charge in [0.05, 0.1) is 13.7 Å². The number of nitrogens with zero attached hydrogens (tertiary/aromatic N) is 1. The van der Waals surface area contributed by atoms with E-state index in [4.69, 9.17) is 9.47 Å². The van der Waals surface area contributed by atoms with Crippen LogP contribution in [-0.2, 0) is 22.6 Å². The standard InChI is InChI=1S/C33H40N2O4/c1-38-30-20-11-15-27(23-30)25-35(32(36)21-12-22-39-29-18-9-4-10-19-29)31(24-26-13-5-2-6-14-26)33(37)34-28-16-7-3-8-17-28/h2,4-6,9-11,13-15,18-20,23,28,31H,3,7-8,12,16-17,21-22,24-25H2,1H3,(H,34,37)/t31-/m0/s1. The highest BCUT2D eigenvalue weighted by Gasteiger charge is 2.31. The van der Waals surface area contributed by atoms with Gasteiger partial charge in [-0.05, 0) is 54.7 Å². The van der Waals surface area contributed by atoms with Crippen molar-refractivity contribution < 1.29 is 19.1 Å². The molecule has 4 rings (SSSR count). The Morgan fingerprint density at radius 2 is 1.54 bits per heavy atom. The zero-order valence-electron chi connectivity index (χ0n) is 22.9. The molecule has 0 unspecified atom stereocenters. The minimum Gasteiger partial charge on any atom is -0.497 e. The SMILES string of the molecule is COc1cccc(CN(C(=O)CCCOc2ccccc2)[C@@H](Cc2ccccc2)C(=O)NC2CCCCC2)c1. The van der Waals surface area contributed by atoms with Crippen LogP contribution >= 0.6 is 0 Å². The van der Waals surface area contributed by atoms with Crippen LogP contribution in [0.5, 0.6) is 11.5 Å². The normalized spacial score (nSPS) is 14.3. The molecular formula is C33H40N2O4. The van der Waals surface area contributed by atoms with Crippen molar-refractivity contribution in [2.75, 3.05) is 13.7 Å². The Morgan fingerprint density at radius 1 is 0.872 bits per heavy atom. The van der Waals surface area contributed by atoms with Crippen molar-refractivity contribution in [3.05, 3.63) is 96.1 Å². The molecule has 1 saturated carbocycles. The van der Waals surface area contributed by atoms with Crippen LogP contribution in [0.3, 0.4) is 0 Å². The van der Waals surface area contributed by atoms with Crippen LogP contribution in [0.2, 0.25) is 0 Å². The topological polar surface area (TPSA) is 67.9 Å². The monoisotopic (exact) mass is 528 g/mol. The van der Waals surface area contributed by atoms with Gasteiger partial charge in [-0.25, -0.2) is 0 Å². The maximum absolute atomic E-state index is 13.8. The lowest BCUT2D eigenvalue weighted by molar-refractivity contribution is -0.141. The molecule has 0 aliphatic heterocycles. The first-order chi connectivity index (χ1) is 19.1. The number of nitrogens with one attached hydrogen (secondary N) is 1. The molecule has 39 heavy (non-hydrogen) atoms. The van der Waals surface area contributed by atoms with Crippen LogP contribution in [0.25, 0.3) is 0 Å². The fraction of sp³-hybridized carbons (Fsp3) is 0.394. The molecular weight excluding hydrogens is 488 g/mol. The maximum atomic E-state index is 13.8. The van der Waals surface area contributed by atoms with Gasteiger partial charge in [-0.3, -0.25) is 9.59 Å². The quantitative estimate of drug-likeness (QED) is 0.279. The number of ether oxygens (including phenoxy) is 2. The van der Waals surface area contributed by atoms with Crippen molar-refractivity contribution in [1.29, 1.82) is 0 Å². The highest BCUT2D eigenvalue weighted by atomic mass is 16.5. The van der Waals surface area contributed by atoms with Crippen molar-refractivity contribution in [3.63, 3.8) is 0 Å². The van der Waals surface area contributed by atoms with Crippen LogP contribution < -0.4 is 14.8 Å². The second-order valence-electron chi connectivity index (χ2n) is 10.2. The Hall–Kier alpha value is -3.80. The van der Waals surface area contributed by atoms with Gasteiger partial charge in [0.1, 0.15) is 17.5 Å². The van der Waals surface area contributed by atoms with E-state index in [2.05, 4.69) is 5.32 Å². The minimum absolute atomic E-state index is 0.0609. The molecule has 2 amide bonds.